The molecule has 1 heterocycles. The first-order chi connectivity index (χ1) is 12.9. The van der Waals surface area contributed by atoms with E-state index in [2.05, 4.69) is 0 Å². The molecular weight excluding hydrogens is 370 g/mol. The molecule has 27 heavy (non-hydrogen) atoms. The number of hydrogen-bond donors (Lipinski definition) is 0. The lowest BCUT2D eigenvalue weighted by Crippen LogP contribution is -2.41. The van der Waals surface area contributed by atoms with Crippen LogP contribution in [0.4, 0.5) is 0 Å². The van der Waals surface area contributed by atoms with E-state index in [-0.39, 0.29) is 23.5 Å². The molecule has 7 nitrogen and oxygen atoms in total. The number of rotatable bonds is 9. The number of carbonyl (C=O) groups is 1. The summed E-state index contributed by atoms with van der Waals surface area (Å²) in [6.07, 6.45) is 0.468. The first kappa shape index (κ1) is 21.3. The second-order valence-electron chi connectivity index (χ2n) is 6.25. The van der Waals surface area contributed by atoms with Gasteiger partial charge in [-0.15, -0.1) is 0 Å². The number of nitrogens with zero attached hydrogens (tertiary/aromatic N) is 1. The third kappa shape index (κ3) is 5.06. The quantitative estimate of drug-likeness (QED) is 0.635. The SMILES string of the molecule is CCOc1cc(C(=O)N(CC)[C@@H]2CCS(=O)(=O)C2)cc(OCC)c1OCC. The Balaban J connectivity index is 2.41. The fraction of sp³-hybridized carbons (Fsp3) is 0.632. The third-order valence-electron chi connectivity index (χ3n) is 4.41. The molecule has 1 atom stereocenters. The molecule has 0 aromatic heterocycles. The summed E-state index contributed by atoms with van der Waals surface area (Å²) < 4.78 is 40.6. The lowest BCUT2D eigenvalue weighted by molar-refractivity contribution is 0.0707. The van der Waals surface area contributed by atoms with Crippen molar-refractivity contribution in [3.8, 4) is 17.2 Å². The van der Waals surface area contributed by atoms with Gasteiger partial charge in [0.2, 0.25) is 5.75 Å². The summed E-state index contributed by atoms with van der Waals surface area (Å²) in [5.41, 5.74) is 0.400. The maximum Gasteiger partial charge on any atom is 0.254 e. The summed E-state index contributed by atoms with van der Waals surface area (Å²) in [6, 6.07) is 2.99. The predicted octanol–water partition coefficient (Wildman–Crippen LogP) is 2.53. The van der Waals surface area contributed by atoms with Gasteiger partial charge in [0.1, 0.15) is 0 Å². The summed E-state index contributed by atoms with van der Waals surface area (Å²) in [5.74, 6) is 1.28. The Morgan fingerprint density at radius 1 is 1.04 bits per heavy atom. The maximum atomic E-state index is 13.1. The van der Waals surface area contributed by atoms with Gasteiger partial charge in [0.15, 0.2) is 21.3 Å². The minimum absolute atomic E-state index is 0.0141. The number of ether oxygens (including phenoxy) is 3. The highest BCUT2D eigenvalue weighted by Crippen LogP contribution is 2.39. The standard InChI is InChI=1S/C19H29NO6S/c1-5-20(15-9-10-27(22,23)13-15)19(21)14-11-16(24-6-2)18(26-8-4)17(12-14)25-7-3/h11-12,15H,5-10,13H2,1-4H3/t15-/m1/s1. The van der Waals surface area contributed by atoms with E-state index in [4.69, 9.17) is 14.2 Å². The molecule has 0 aliphatic carbocycles. The van der Waals surface area contributed by atoms with Crippen molar-refractivity contribution >= 4 is 15.7 Å². The van der Waals surface area contributed by atoms with Gasteiger partial charge in [-0.3, -0.25) is 4.79 Å². The zero-order chi connectivity index (χ0) is 20.0. The van der Waals surface area contributed by atoms with E-state index >= 15 is 0 Å². The molecule has 0 bridgehead atoms. The molecule has 1 aromatic rings. The summed E-state index contributed by atoms with van der Waals surface area (Å²) in [7, 11) is -3.08. The Bertz CT molecular complexity index is 734. The lowest BCUT2D eigenvalue weighted by Gasteiger charge is -2.27. The zero-order valence-electron chi connectivity index (χ0n) is 16.5. The molecule has 1 fully saturated rings. The van der Waals surface area contributed by atoms with E-state index < -0.39 is 9.84 Å². The molecule has 0 spiro atoms. The Morgan fingerprint density at radius 2 is 1.59 bits per heavy atom. The summed E-state index contributed by atoms with van der Waals surface area (Å²) in [4.78, 5) is 14.8. The molecule has 2 rings (SSSR count). The molecule has 1 aromatic carbocycles. The molecule has 0 saturated carbocycles. The highest BCUT2D eigenvalue weighted by Gasteiger charge is 2.34. The van der Waals surface area contributed by atoms with Crippen molar-refractivity contribution in [2.24, 2.45) is 0 Å². The molecule has 152 valence electrons. The largest absolute Gasteiger partial charge is 0.490 e. The second-order valence-corrected chi connectivity index (χ2v) is 8.48. The summed E-state index contributed by atoms with van der Waals surface area (Å²) in [6.45, 7) is 9.13. The first-order valence-electron chi connectivity index (χ1n) is 9.44. The molecule has 1 aliphatic rings. The minimum atomic E-state index is -3.08. The van der Waals surface area contributed by atoms with Crippen molar-refractivity contribution in [3.05, 3.63) is 17.7 Å². The topological polar surface area (TPSA) is 82.1 Å². The number of benzene rings is 1. The Morgan fingerprint density at radius 3 is 2.00 bits per heavy atom. The number of amides is 1. The van der Waals surface area contributed by atoms with E-state index in [1.807, 2.05) is 27.7 Å². The fourth-order valence-corrected chi connectivity index (χ4v) is 5.00. The molecule has 8 heteroatoms. The van der Waals surface area contributed by atoms with Gasteiger partial charge < -0.3 is 19.1 Å². The first-order valence-corrected chi connectivity index (χ1v) is 11.3. The van der Waals surface area contributed by atoms with Gasteiger partial charge >= 0.3 is 0 Å². The van der Waals surface area contributed by atoms with Crippen LogP contribution in [0.25, 0.3) is 0 Å². The smallest absolute Gasteiger partial charge is 0.254 e. The average molecular weight is 400 g/mol. The van der Waals surface area contributed by atoms with Gasteiger partial charge in [-0.25, -0.2) is 8.42 Å². The lowest BCUT2D eigenvalue weighted by atomic mass is 10.1. The second kappa shape index (κ2) is 9.30. The van der Waals surface area contributed by atoms with Gasteiger partial charge in [0, 0.05) is 18.2 Å². The molecule has 0 radical (unpaired) electrons. The van der Waals surface area contributed by atoms with E-state index in [0.717, 1.165) is 0 Å². The Hall–Kier alpha value is -1.96. The van der Waals surface area contributed by atoms with Gasteiger partial charge in [0.25, 0.3) is 5.91 Å². The number of carbonyl (C=O) groups excluding carboxylic acids is 1. The van der Waals surface area contributed by atoms with Crippen molar-refractivity contribution < 1.29 is 27.4 Å². The normalized spacial score (nSPS) is 18.1. The van der Waals surface area contributed by atoms with Crippen LogP contribution in [0.1, 0.15) is 44.5 Å². The van der Waals surface area contributed by atoms with E-state index in [0.29, 0.717) is 55.6 Å². The Kier molecular flexibility index (Phi) is 7.35. The average Bonchev–Trinajstić information content (AvgIpc) is 2.98. The van der Waals surface area contributed by atoms with E-state index in [1.165, 1.54) is 0 Å². The molecule has 1 aliphatic heterocycles. The number of hydrogen-bond acceptors (Lipinski definition) is 6. The minimum Gasteiger partial charge on any atom is -0.490 e. The van der Waals surface area contributed by atoms with Gasteiger partial charge in [0.05, 0.1) is 31.3 Å². The molecule has 1 amide bonds. The molecule has 1 saturated heterocycles. The molecule has 0 N–H and O–H groups in total. The van der Waals surface area contributed by atoms with Gasteiger partial charge in [-0.05, 0) is 46.2 Å². The highest BCUT2D eigenvalue weighted by atomic mass is 32.2. The summed E-state index contributed by atoms with van der Waals surface area (Å²) in [5, 5.41) is 0. The van der Waals surface area contributed by atoms with Crippen molar-refractivity contribution in [3.63, 3.8) is 0 Å². The van der Waals surface area contributed by atoms with Crippen LogP contribution < -0.4 is 14.2 Å². The van der Waals surface area contributed by atoms with Gasteiger partial charge in [-0.1, -0.05) is 0 Å². The van der Waals surface area contributed by atoms with Crippen molar-refractivity contribution in [2.75, 3.05) is 37.9 Å². The van der Waals surface area contributed by atoms with Crippen LogP contribution in [0.15, 0.2) is 12.1 Å². The maximum absolute atomic E-state index is 13.1. The van der Waals surface area contributed by atoms with Crippen molar-refractivity contribution in [1.29, 1.82) is 0 Å². The van der Waals surface area contributed by atoms with Crippen LogP contribution in [-0.4, -0.2) is 63.1 Å². The van der Waals surface area contributed by atoms with Gasteiger partial charge in [-0.2, -0.15) is 0 Å². The Labute approximate surface area is 161 Å². The molecule has 0 unspecified atom stereocenters. The fourth-order valence-electron chi connectivity index (χ4n) is 3.27. The zero-order valence-corrected chi connectivity index (χ0v) is 17.3. The van der Waals surface area contributed by atoms with Crippen molar-refractivity contribution in [1.82, 2.24) is 4.90 Å². The highest BCUT2D eigenvalue weighted by molar-refractivity contribution is 7.91. The van der Waals surface area contributed by atoms with Crippen LogP contribution in [0, 0.1) is 0 Å². The van der Waals surface area contributed by atoms with Crippen LogP contribution in [-0.2, 0) is 9.84 Å². The van der Waals surface area contributed by atoms with E-state index in [9.17, 15) is 13.2 Å². The van der Waals surface area contributed by atoms with Crippen LogP contribution in [0.2, 0.25) is 0 Å². The van der Waals surface area contributed by atoms with Crippen LogP contribution >= 0.6 is 0 Å². The van der Waals surface area contributed by atoms with Crippen LogP contribution in [0.3, 0.4) is 0 Å². The van der Waals surface area contributed by atoms with E-state index in [1.54, 1.807) is 17.0 Å². The number of sulfone groups is 1. The van der Waals surface area contributed by atoms with Crippen LogP contribution in [0.5, 0.6) is 17.2 Å². The molecular formula is C19H29NO6S. The summed E-state index contributed by atoms with van der Waals surface area (Å²) >= 11 is 0. The monoisotopic (exact) mass is 399 g/mol. The third-order valence-corrected chi connectivity index (χ3v) is 6.16. The predicted molar refractivity (Wildman–Crippen MR) is 104 cm³/mol. The van der Waals surface area contributed by atoms with Crippen molar-refractivity contribution in [2.45, 2.75) is 40.2 Å².